The fourth-order valence-electron chi connectivity index (χ4n) is 2.50. The minimum Gasteiger partial charge on any atom is -0.485 e. The second-order valence-corrected chi connectivity index (χ2v) is 5.26. The summed E-state index contributed by atoms with van der Waals surface area (Å²) in [6.07, 6.45) is 1.84. The number of rotatable bonds is 4. The van der Waals surface area contributed by atoms with E-state index in [4.69, 9.17) is 10.5 Å². The van der Waals surface area contributed by atoms with Crippen LogP contribution >= 0.6 is 0 Å². The van der Waals surface area contributed by atoms with Gasteiger partial charge in [0.2, 0.25) is 0 Å². The summed E-state index contributed by atoms with van der Waals surface area (Å²) in [7, 11) is 0. The van der Waals surface area contributed by atoms with E-state index in [1.807, 2.05) is 49.5 Å². The predicted octanol–water partition coefficient (Wildman–Crippen LogP) is 2.63. The number of hydrogen-bond donors (Lipinski definition) is 1. The van der Waals surface area contributed by atoms with Crippen molar-refractivity contribution >= 4 is 11.6 Å². The molecule has 0 radical (unpaired) electrons. The third-order valence-electron chi connectivity index (χ3n) is 3.47. The molecule has 0 saturated heterocycles. The molecule has 0 atom stereocenters. The third-order valence-corrected chi connectivity index (χ3v) is 3.47. The molecule has 0 aliphatic carbocycles. The van der Waals surface area contributed by atoms with Gasteiger partial charge in [-0.3, -0.25) is 9.20 Å². The van der Waals surface area contributed by atoms with Crippen LogP contribution in [0.3, 0.4) is 0 Å². The van der Waals surface area contributed by atoms with E-state index < -0.39 is 5.91 Å². The average molecular weight is 295 g/mol. The number of ether oxygens (including phenoxy) is 1. The van der Waals surface area contributed by atoms with E-state index in [2.05, 4.69) is 4.98 Å². The number of benzene rings is 1. The van der Waals surface area contributed by atoms with E-state index in [9.17, 15) is 4.79 Å². The number of carbonyl (C=O) groups excluding carboxylic acids is 1. The van der Waals surface area contributed by atoms with Gasteiger partial charge in [-0.2, -0.15) is 0 Å². The lowest BCUT2D eigenvalue weighted by molar-refractivity contribution is 0.0994. The second kappa shape index (κ2) is 5.52. The Morgan fingerprint density at radius 3 is 2.68 bits per heavy atom. The minimum absolute atomic E-state index is 0.392. The molecule has 22 heavy (non-hydrogen) atoms. The topological polar surface area (TPSA) is 69.6 Å². The van der Waals surface area contributed by atoms with Crippen LogP contribution < -0.4 is 10.5 Å². The summed E-state index contributed by atoms with van der Waals surface area (Å²) in [6, 6.07) is 11.8. The maximum Gasteiger partial charge on any atom is 0.267 e. The largest absolute Gasteiger partial charge is 0.485 e. The van der Waals surface area contributed by atoms with E-state index in [0.29, 0.717) is 29.4 Å². The van der Waals surface area contributed by atoms with Gasteiger partial charge in [0, 0.05) is 6.20 Å². The first-order chi connectivity index (χ1) is 10.6. The molecule has 0 spiro atoms. The first-order valence-electron chi connectivity index (χ1n) is 7.02. The van der Waals surface area contributed by atoms with Crippen LogP contribution in [0.25, 0.3) is 5.65 Å². The lowest BCUT2D eigenvalue weighted by atomic mass is 10.2. The van der Waals surface area contributed by atoms with Crippen molar-refractivity contribution in [3.63, 3.8) is 0 Å². The molecule has 3 aromatic rings. The number of carbonyl (C=O) groups is 1. The summed E-state index contributed by atoms with van der Waals surface area (Å²) in [4.78, 5) is 16.0. The molecule has 2 N–H and O–H groups in total. The summed E-state index contributed by atoms with van der Waals surface area (Å²) in [5.74, 6) is 0.143. The standard InChI is InChI=1S/C17H17N3O2/c1-11-8-14(22-10-13-6-4-3-5-7-13)17-19-12(2)15(16(18)21)20(17)9-11/h3-9H,10H2,1-2H3,(H2,18,21). The molecular formula is C17H17N3O2. The summed E-state index contributed by atoms with van der Waals surface area (Å²) in [6.45, 7) is 4.15. The molecule has 2 heterocycles. The quantitative estimate of drug-likeness (QED) is 0.804. The van der Waals surface area contributed by atoms with Gasteiger partial charge in [0.05, 0.1) is 5.69 Å². The smallest absolute Gasteiger partial charge is 0.267 e. The van der Waals surface area contributed by atoms with Crippen molar-refractivity contribution in [2.45, 2.75) is 20.5 Å². The highest BCUT2D eigenvalue weighted by Crippen LogP contribution is 2.24. The number of imidazole rings is 1. The number of nitrogens with two attached hydrogens (primary N) is 1. The maximum absolute atomic E-state index is 11.6. The molecule has 0 fully saturated rings. The van der Waals surface area contributed by atoms with Crippen molar-refractivity contribution in [2.75, 3.05) is 0 Å². The van der Waals surface area contributed by atoms with Gasteiger partial charge in [-0.25, -0.2) is 4.98 Å². The molecule has 3 rings (SSSR count). The number of fused-ring (bicyclic) bond motifs is 1. The van der Waals surface area contributed by atoms with Crippen LogP contribution in [0.2, 0.25) is 0 Å². The lowest BCUT2D eigenvalue weighted by Gasteiger charge is -2.09. The van der Waals surface area contributed by atoms with Gasteiger partial charge in [0.15, 0.2) is 11.4 Å². The number of hydrogen-bond acceptors (Lipinski definition) is 3. The lowest BCUT2D eigenvalue weighted by Crippen LogP contribution is -2.15. The summed E-state index contributed by atoms with van der Waals surface area (Å²) < 4.78 is 7.60. The summed E-state index contributed by atoms with van der Waals surface area (Å²) >= 11 is 0. The molecule has 1 amide bonds. The van der Waals surface area contributed by atoms with Crippen LogP contribution in [-0.4, -0.2) is 15.3 Å². The molecule has 1 aromatic carbocycles. The zero-order chi connectivity index (χ0) is 15.7. The SMILES string of the molecule is Cc1cc(OCc2ccccc2)c2nc(C)c(C(N)=O)n2c1. The second-order valence-electron chi connectivity index (χ2n) is 5.26. The van der Waals surface area contributed by atoms with E-state index in [1.54, 1.807) is 11.3 Å². The van der Waals surface area contributed by atoms with Gasteiger partial charge in [-0.05, 0) is 31.0 Å². The molecule has 5 nitrogen and oxygen atoms in total. The number of aryl methyl sites for hydroxylation is 2. The first-order valence-corrected chi connectivity index (χ1v) is 7.02. The van der Waals surface area contributed by atoms with Crippen LogP contribution in [0.5, 0.6) is 5.75 Å². The highest BCUT2D eigenvalue weighted by molar-refractivity contribution is 5.93. The van der Waals surface area contributed by atoms with E-state index in [-0.39, 0.29) is 0 Å². The Morgan fingerprint density at radius 1 is 1.27 bits per heavy atom. The van der Waals surface area contributed by atoms with Crippen molar-refractivity contribution in [3.8, 4) is 5.75 Å². The fourth-order valence-corrected chi connectivity index (χ4v) is 2.50. The third kappa shape index (κ3) is 2.53. The Bertz CT molecular complexity index is 838. The monoisotopic (exact) mass is 295 g/mol. The number of amides is 1. The molecule has 0 aliphatic heterocycles. The molecule has 0 bridgehead atoms. The van der Waals surface area contributed by atoms with Crippen molar-refractivity contribution in [1.82, 2.24) is 9.38 Å². The van der Waals surface area contributed by atoms with Crippen molar-refractivity contribution in [2.24, 2.45) is 5.73 Å². The van der Waals surface area contributed by atoms with E-state index in [0.717, 1.165) is 11.1 Å². The Labute approximate surface area is 128 Å². The van der Waals surface area contributed by atoms with Crippen LogP contribution in [0, 0.1) is 13.8 Å². The summed E-state index contributed by atoms with van der Waals surface area (Å²) in [5, 5.41) is 0. The Balaban J connectivity index is 2.02. The van der Waals surface area contributed by atoms with Crippen molar-refractivity contribution in [3.05, 3.63) is 65.1 Å². The maximum atomic E-state index is 11.6. The number of aromatic nitrogens is 2. The highest BCUT2D eigenvalue weighted by Gasteiger charge is 2.17. The van der Waals surface area contributed by atoms with Gasteiger partial charge in [-0.1, -0.05) is 30.3 Å². The van der Waals surface area contributed by atoms with Crippen molar-refractivity contribution < 1.29 is 9.53 Å². The van der Waals surface area contributed by atoms with Crippen LogP contribution in [0.4, 0.5) is 0 Å². The van der Waals surface area contributed by atoms with Gasteiger partial charge in [0.25, 0.3) is 5.91 Å². The number of primary amides is 1. The number of nitrogens with zero attached hydrogens (tertiary/aromatic N) is 2. The zero-order valence-electron chi connectivity index (χ0n) is 12.5. The molecule has 0 saturated carbocycles. The molecule has 0 aliphatic rings. The van der Waals surface area contributed by atoms with E-state index >= 15 is 0 Å². The predicted molar refractivity (Wildman–Crippen MR) is 84.0 cm³/mol. The molecule has 0 unspecified atom stereocenters. The molecular weight excluding hydrogens is 278 g/mol. The average Bonchev–Trinajstić information content (AvgIpc) is 2.82. The van der Waals surface area contributed by atoms with Gasteiger partial charge >= 0.3 is 0 Å². The Hall–Kier alpha value is -2.82. The van der Waals surface area contributed by atoms with Gasteiger partial charge in [-0.15, -0.1) is 0 Å². The highest BCUT2D eigenvalue weighted by atomic mass is 16.5. The van der Waals surface area contributed by atoms with Crippen LogP contribution in [-0.2, 0) is 6.61 Å². The normalized spacial score (nSPS) is 10.8. The summed E-state index contributed by atoms with van der Waals surface area (Å²) in [5.41, 5.74) is 9.08. The molecule has 112 valence electrons. The molecule has 2 aromatic heterocycles. The van der Waals surface area contributed by atoms with Gasteiger partial charge in [0.1, 0.15) is 12.3 Å². The first kappa shape index (κ1) is 14.1. The number of pyridine rings is 1. The van der Waals surface area contributed by atoms with Crippen LogP contribution in [0.1, 0.15) is 27.3 Å². The van der Waals surface area contributed by atoms with E-state index in [1.165, 1.54) is 0 Å². The Morgan fingerprint density at radius 2 is 2.00 bits per heavy atom. The molecule has 5 heteroatoms. The fraction of sp³-hybridized carbons (Fsp3) is 0.176. The minimum atomic E-state index is -0.496. The Kier molecular flexibility index (Phi) is 3.55. The van der Waals surface area contributed by atoms with Gasteiger partial charge < -0.3 is 10.5 Å². The van der Waals surface area contributed by atoms with Crippen LogP contribution in [0.15, 0.2) is 42.6 Å². The zero-order valence-corrected chi connectivity index (χ0v) is 12.5. The van der Waals surface area contributed by atoms with Crippen molar-refractivity contribution in [1.29, 1.82) is 0 Å².